The first kappa shape index (κ1) is 14.0. The average Bonchev–Trinajstić information content (AvgIpc) is 2.39. The van der Waals surface area contributed by atoms with Gasteiger partial charge in [0.1, 0.15) is 18.5 Å². The minimum atomic E-state index is -0.573. The van der Waals surface area contributed by atoms with Gasteiger partial charge >= 0.3 is 0 Å². The van der Waals surface area contributed by atoms with Gasteiger partial charge in [0.05, 0.1) is 6.61 Å². The second-order valence-corrected chi connectivity index (χ2v) is 3.97. The molecule has 0 bridgehead atoms. The number of rotatable bonds is 8. The van der Waals surface area contributed by atoms with E-state index in [2.05, 4.69) is 5.32 Å². The fraction of sp³-hybridized carbons (Fsp3) is 0.538. The summed E-state index contributed by atoms with van der Waals surface area (Å²) in [6.45, 7) is 2.74. The highest BCUT2D eigenvalue weighted by Crippen LogP contribution is 2.08. The first-order valence-corrected chi connectivity index (χ1v) is 5.96. The molecule has 4 nitrogen and oxygen atoms in total. The maximum absolute atomic E-state index is 9.68. The fourth-order valence-electron chi connectivity index (χ4n) is 1.41. The zero-order valence-electron chi connectivity index (χ0n) is 10.2. The Kier molecular flexibility index (Phi) is 6.62. The molecule has 96 valence electrons. The molecule has 3 N–H and O–H groups in total. The minimum absolute atomic E-state index is 0.0429. The molecule has 0 fully saturated rings. The van der Waals surface area contributed by atoms with Crippen molar-refractivity contribution < 1.29 is 14.9 Å². The Morgan fingerprint density at radius 1 is 1.29 bits per heavy atom. The van der Waals surface area contributed by atoms with Crippen molar-refractivity contribution in [2.45, 2.75) is 25.5 Å². The second kappa shape index (κ2) is 8.06. The molecule has 17 heavy (non-hydrogen) atoms. The smallest absolute Gasteiger partial charge is 0.119 e. The van der Waals surface area contributed by atoms with Crippen LogP contribution in [0.25, 0.3) is 0 Å². The van der Waals surface area contributed by atoms with Crippen molar-refractivity contribution in [3.05, 3.63) is 30.3 Å². The van der Waals surface area contributed by atoms with Crippen molar-refractivity contribution >= 4 is 0 Å². The van der Waals surface area contributed by atoms with Gasteiger partial charge in [-0.25, -0.2) is 0 Å². The van der Waals surface area contributed by atoms with Crippen molar-refractivity contribution in [1.29, 1.82) is 0 Å². The van der Waals surface area contributed by atoms with E-state index < -0.39 is 6.10 Å². The van der Waals surface area contributed by atoms with Crippen LogP contribution in [0, 0.1) is 0 Å². The van der Waals surface area contributed by atoms with Gasteiger partial charge in [-0.1, -0.05) is 25.1 Å². The molecule has 0 radical (unpaired) electrons. The van der Waals surface area contributed by atoms with Crippen molar-refractivity contribution in [2.75, 3.05) is 19.8 Å². The van der Waals surface area contributed by atoms with Crippen LogP contribution < -0.4 is 10.1 Å². The quantitative estimate of drug-likeness (QED) is 0.627. The van der Waals surface area contributed by atoms with Crippen LogP contribution in [0.2, 0.25) is 0 Å². The molecule has 0 aliphatic carbocycles. The molecule has 0 saturated carbocycles. The number of benzene rings is 1. The Morgan fingerprint density at radius 2 is 2.00 bits per heavy atom. The molecular weight excluding hydrogens is 218 g/mol. The Hall–Kier alpha value is -1.10. The summed E-state index contributed by atoms with van der Waals surface area (Å²) in [7, 11) is 0. The first-order valence-electron chi connectivity index (χ1n) is 5.96. The normalized spacial score (nSPS) is 14.3. The van der Waals surface area contributed by atoms with Gasteiger partial charge in [-0.2, -0.15) is 0 Å². The summed E-state index contributed by atoms with van der Waals surface area (Å²) in [5.41, 5.74) is 0. The standard InChI is InChI=1S/C13H21NO3/c1-2-11(9-15)14-8-12(16)10-17-13-6-4-3-5-7-13/h3-7,11-12,14-16H,2,8-10H2,1H3. The molecule has 1 aromatic rings. The Balaban J connectivity index is 2.19. The molecule has 2 atom stereocenters. The highest BCUT2D eigenvalue weighted by atomic mass is 16.5. The summed E-state index contributed by atoms with van der Waals surface area (Å²) < 4.78 is 5.41. The van der Waals surface area contributed by atoms with Gasteiger partial charge in [-0.3, -0.25) is 0 Å². The van der Waals surface area contributed by atoms with Crippen molar-refractivity contribution in [3.63, 3.8) is 0 Å². The summed E-state index contributed by atoms with van der Waals surface area (Å²) in [6.07, 6.45) is 0.263. The predicted molar refractivity (Wildman–Crippen MR) is 67.1 cm³/mol. The molecule has 4 heteroatoms. The monoisotopic (exact) mass is 239 g/mol. The highest BCUT2D eigenvalue weighted by molar-refractivity contribution is 5.20. The van der Waals surface area contributed by atoms with Crippen molar-refractivity contribution in [3.8, 4) is 5.75 Å². The van der Waals surface area contributed by atoms with E-state index in [1.54, 1.807) is 0 Å². The van der Waals surface area contributed by atoms with Gasteiger partial charge in [-0.05, 0) is 18.6 Å². The number of ether oxygens (including phenoxy) is 1. The third kappa shape index (κ3) is 5.68. The maximum Gasteiger partial charge on any atom is 0.119 e. The summed E-state index contributed by atoms with van der Waals surface area (Å²) in [5.74, 6) is 0.751. The maximum atomic E-state index is 9.68. The van der Waals surface area contributed by atoms with Crippen LogP contribution in [0.5, 0.6) is 5.75 Å². The summed E-state index contributed by atoms with van der Waals surface area (Å²) >= 11 is 0. The lowest BCUT2D eigenvalue weighted by Crippen LogP contribution is -2.39. The number of nitrogens with one attached hydrogen (secondary N) is 1. The van der Waals surface area contributed by atoms with Gasteiger partial charge in [0.25, 0.3) is 0 Å². The summed E-state index contributed by atoms with van der Waals surface area (Å²) in [5, 5.41) is 21.7. The molecule has 0 saturated heterocycles. The van der Waals surface area contributed by atoms with Gasteiger partial charge < -0.3 is 20.3 Å². The van der Waals surface area contributed by atoms with E-state index in [0.717, 1.165) is 12.2 Å². The molecular formula is C13H21NO3. The molecule has 0 amide bonds. The van der Waals surface area contributed by atoms with Crippen LogP contribution in [0.15, 0.2) is 30.3 Å². The zero-order chi connectivity index (χ0) is 12.5. The lowest BCUT2D eigenvalue weighted by Gasteiger charge is -2.17. The predicted octanol–water partition coefficient (Wildman–Crippen LogP) is 0.787. The Morgan fingerprint density at radius 3 is 2.59 bits per heavy atom. The Bertz CT molecular complexity index is 288. The number of hydrogen-bond acceptors (Lipinski definition) is 4. The van der Waals surface area contributed by atoms with Gasteiger partial charge in [0.15, 0.2) is 0 Å². The van der Waals surface area contributed by atoms with Crippen LogP contribution >= 0.6 is 0 Å². The molecule has 1 rings (SSSR count). The van der Waals surface area contributed by atoms with Gasteiger partial charge in [-0.15, -0.1) is 0 Å². The van der Waals surface area contributed by atoms with E-state index in [1.165, 1.54) is 0 Å². The van der Waals surface area contributed by atoms with Crippen molar-refractivity contribution in [1.82, 2.24) is 5.32 Å². The van der Waals surface area contributed by atoms with E-state index in [9.17, 15) is 5.11 Å². The topological polar surface area (TPSA) is 61.7 Å². The number of hydrogen-bond donors (Lipinski definition) is 3. The van der Waals surface area contributed by atoms with Crippen molar-refractivity contribution in [2.24, 2.45) is 0 Å². The van der Waals surface area contributed by atoms with Crippen LogP contribution in [-0.2, 0) is 0 Å². The molecule has 2 unspecified atom stereocenters. The molecule has 0 aliphatic rings. The van der Waals surface area contributed by atoms with Crippen LogP contribution in [0.4, 0.5) is 0 Å². The average molecular weight is 239 g/mol. The fourth-order valence-corrected chi connectivity index (χ4v) is 1.41. The van der Waals surface area contributed by atoms with E-state index in [1.807, 2.05) is 37.3 Å². The van der Waals surface area contributed by atoms with E-state index in [4.69, 9.17) is 9.84 Å². The third-order valence-electron chi connectivity index (χ3n) is 2.54. The van der Waals surface area contributed by atoms with E-state index in [0.29, 0.717) is 6.54 Å². The molecule has 0 heterocycles. The largest absolute Gasteiger partial charge is 0.491 e. The lowest BCUT2D eigenvalue weighted by molar-refractivity contribution is 0.0995. The van der Waals surface area contributed by atoms with Crippen LogP contribution in [0.3, 0.4) is 0 Å². The first-order chi connectivity index (χ1) is 8.26. The summed E-state index contributed by atoms with van der Waals surface area (Å²) in [6, 6.07) is 9.43. The molecule has 0 spiro atoms. The zero-order valence-corrected chi connectivity index (χ0v) is 10.2. The minimum Gasteiger partial charge on any atom is -0.491 e. The number of aliphatic hydroxyl groups is 2. The lowest BCUT2D eigenvalue weighted by atomic mass is 10.2. The second-order valence-electron chi connectivity index (χ2n) is 3.97. The number of para-hydroxylation sites is 1. The van der Waals surface area contributed by atoms with E-state index in [-0.39, 0.29) is 19.3 Å². The van der Waals surface area contributed by atoms with Gasteiger partial charge in [0, 0.05) is 12.6 Å². The third-order valence-corrected chi connectivity index (χ3v) is 2.54. The molecule has 0 aromatic heterocycles. The Labute approximate surface area is 102 Å². The highest BCUT2D eigenvalue weighted by Gasteiger charge is 2.08. The van der Waals surface area contributed by atoms with Crippen LogP contribution in [0.1, 0.15) is 13.3 Å². The summed E-state index contributed by atoms with van der Waals surface area (Å²) in [4.78, 5) is 0. The van der Waals surface area contributed by atoms with Gasteiger partial charge in [0.2, 0.25) is 0 Å². The van der Waals surface area contributed by atoms with E-state index >= 15 is 0 Å². The number of aliphatic hydroxyl groups excluding tert-OH is 2. The molecule has 1 aromatic carbocycles. The molecule has 0 aliphatic heterocycles. The van der Waals surface area contributed by atoms with Crippen LogP contribution in [-0.4, -0.2) is 42.1 Å². The SMILES string of the molecule is CCC(CO)NCC(O)COc1ccccc1.